The zero-order valence-corrected chi connectivity index (χ0v) is 10.5. The zero-order valence-electron chi connectivity index (χ0n) is 10.5. The molecule has 5 nitrogen and oxygen atoms in total. The molecule has 0 aliphatic carbocycles. The van der Waals surface area contributed by atoms with Gasteiger partial charge in [0.25, 0.3) is 0 Å². The van der Waals surface area contributed by atoms with Gasteiger partial charge >= 0.3 is 5.97 Å². The van der Waals surface area contributed by atoms with Crippen LogP contribution in [0.1, 0.15) is 22.5 Å². The van der Waals surface area contributed by atoms with E-state index in [0.29, 0.717) is 17.8 Å². The van der Waals surface area contributed by atoms with Gasteiger partial charge in [-0.25, -0.2) is 9.78 Å². The van der Waals surface area contributed by atoms with Crippen molar-refractivity contribution in [1.82, 2.24) is 9.38 Å². The monoisotopic (exact) mass is 248 g/mol. The highest BCUT2D eigenvalue weighted by Crippen LogP contribution is 2.13. The Labute approximate surface area is 105 Å². The lowest BCUT2D eigenvalue weighted by molar-refractivity contribution is 0.0602. The SMILES string of the molecule is COCCCc1cn2cccc(C(=O)OC)c2n1. The Morgan fingerprint density at radius 2 is 2.28 bits per heavy atom. The van der Waals surface area contributed by atoms with Gasteiger partial charge in [0.2, 0.25) is 0 Å². The largest absolute Gasteiger partial charge is 0.465 e. The van der Waals surface area contributed by atoms with Gasteiger partial charge in [-0.15, -0.1) is 0 Å². The highest BCUT2D eigenvalue weighted by Gasteiger charge is 2.12. The molecule has 0 N–H and O–H groups in total. The summed E-state index contributed by atoms with van der Waals surface area (Å²) >= 11 is 0. The molecule has 0 spiro atoms. The Hall–Kier alpha value is -1.88. The van der Waals surface area contributed by atoms with Gasteiger partial charge in [-0.05, 0) is 25.0 Å². The highest BCUT2D eigenvalue weighted by molar-refractivity contribution is 5.95. The Balaban J connectivity index is 2.29. The van der Waals surface area contributed by atoms with Crippen LogP contribution < -0.4 is 0 Å². The molecule has 0 aliphatic heterocycles. The molecular formula is C13H16N2O3. The summed E-state index contributed by atoms with van der Waals surface area (Å²) < 4.78 is 11.6. The predicted molar refractivity (Wildman–Crippen MR) is 66.7 cm³/mol. The van der Waals surface area contributed by atoms with Crippen molar-refractivity contribution < 1.29 is 14.3 Å². The summed E-state index contributed by atoms with van der Waals surface area (Å²) in [5.74, 6) is -0.366. The van der Waals surface area contributed by atoms with E-state index in [1.165, 1.54) is 7.11 Å². The Kier molecular flexibility index (Phi) is 3.94. The molecule has 96 valence electrons. The fourth-order valence-electron chi connectivity index (χ4n) is 1.85. The van der Waals surface area contributed by atoms with Gasteiger partial charge in [-0.1, -0.05) is 0 Å². The third-order valence-electron chi connectivity index (χ3n) is 2.72. The van der Waals surface area contributed by atoms with Gasteiger partial charge in [0.05, 0.1) is 12.8 Å². The lowest BCUT2D eigenvalue weighted by atomic mass is 10.2. The first-order chi connectivity index (χ1) is 8.76. The molecule has 0 unspecified atom stereocenters. The Morgan fingerprint density at radius 1 is 1.44 bits per heavy atom. The average Bonchev–Trinajstić information content (AvgIpc) is 2.80. The minimum absolute atomic E-state index is 0.366. The number of methoxy groups -OCH3 is 2. The molecule has 2 rings (SSSR count). The molecule has 5 heteroatoms. The molecule has 0 bridgehead atoms. The van der Waals surface area contributed by atoms with Crippen LogP contribution in [0, 0.1) is 0 Å². The van der Waals surface area contributed by atoms with Crippen LogP contribution in [0.25, 0.3) is 5.65 Å². The molecule has 2 aromatic heterocycles. The van der Waals surface area contributed by atoms with E-state index in [1.807, 2.05) is 16.8 Å². The van der Waals surface area contributed by atoms with Gasteiger partial charge in [-0.3, -0.25) is 0 Å². The molecule has 0 fully saturated rings. The molecule has 0 saturated carbocycles. The van der Waals surface area contributed by atoms with Crippen LogP contribution in [-0.2, 0) is 15.9 Å². The predicted octanol–water partition coefficient (Wildman–Crippen LogP) is 1.70. The second-order valence-corrected chi connectivity index (χ2v) is 3.97. The number of aromatic nitrogens is 2. The van der Waals surface area contributed by atoms with Gasteiger partial charge in [0.15, 0.2) is 5.65 Å². The van der Waals surface area contributed by atoms with Crippen molar-refractivity contribution in [3.63, 3.8) is 0 Å². The number of hydrogen-bond donors (Lipinski definition) is 0. The first-order valence-electron chi connectivity index (χ1n) is 5.80. The average molecular weight is 248 g/mol. The molecule has 0 aliphatic rings. The lowest BCUT2D eigenvalue weighted by Gasteiger charge is -2.00. The molecule has 18 heavy (non-hydrogen) atoms. The number of esters is 1. The second-order valence-electron chi connectivity index (χ2n) is 3.97. The maximum atomic E-state index is 11.6. The topological polar surface area (TPSA) is 52.8 Å². The van der Waals surface area contributed by atoms with Crippen LogP contribution >= 0.6 is 0 Å². The quantitative estimate of drug-likeness (QED) is 0.597. The molecule has 0 radical (unpaired) electrons. The molecule has 2 heterocycles. The number of imidazole rings is 1. The third-order valence-corrected chi connectivity index (χ3v) is 2.72. The summed E-state index contributed by atoms with van der Waals surface area (Å²) in [5, 5.41) is 0. The number of hydrogen-bond acceptors (Lipinski definition) is 4. The van der Waals surface area contributed by atoms with E-state index < -0.39 is 0 Å². The third kappa shape index (κ3) is 2.51. The van der Waals surface area contributed by atoms with Crippen LogP contribution in [0.15, 0.2) is 24.5 Å². The molecular weight excluding hydrogens is 232 g/mol. The summed E-state index contributed by atoms with van der Waals surface area (Å²) in [6.45, 7) is 0.706. The molecule has 0 aromatic carbocycles. The number of nitrogens with zero attached hydrogens (tertiary/aromatic N) is 2. The van der Waals surface area contributed by atoms with Gasteiger partial charge < -0.3 is 13.9 Å². The number of fused-ring (bicyclic) bond motifs is 1. The zero-order chi connectivity index (χ0) is 13.0. The first kappa shape index (κ1) is 12.6. The van der Waals surface area contributed by atoms with E-state index in [4.69, 9.17) is 9.47 Å². The number of rotatable bonds is 5. The van der Waals surface area contributed by atoms with Crippen molar-refractivity contribution in [2.45, 2.75) is 12.8 Å². The molecule has 0 atom stereocenters. The molecule has 0 amide bonds. The summed E-state index contributed by atoms with van der Waals surface area (Å²) in [7, 11) is 3.05. The minimum Gasteiger partial charge on any atom is -0.465 e. The van der Waals surface area contributed by atoms with Crippen LogP contribution in [0.4, 0.5) is 0 Å². The van der Waals surface area contributed by atoms with Crippen molar-refractivity contribution in [3.8, 4) is 0 Å². The molecule has 0 saturated heterocycles. The Morgan fingerprint density at radius 3 is 3.00 bits per heavy atom. The van der Waals surface area contributed by atoms with Crippen LogP contribution in [0.2, 0.25) is 0 Å². The smallest absolute Gasteiger partial charge is 0.341 e. The second kappa shape index (κ2) is 5.64. The van der Waals surface area contributed by atoms with E-state index in [0.717, 1.165) is 18.5 Å². The maximum absolute atomic E-state index is 11.6. The lowest BCUT2D eigenvalue weighted by Crippen LogP contribution is -2.03. The number of carbonyl (C=O) groups is 1. The van der Waals surface area contributed by atoms with Crippen molar-refractivity contribution in [2.75, 3.05) is 20.8 Å². The Bertz CT molecular complexity index is 548. The van der Waals surface area contributed by atoms with Crippen molar-refractivity contribution in [2.24, 2.45) is 0 Å². The summed E-state index contributed by atoms with van der Waals surface area (Å²) in [6, 6.07) is 3.52. The van der Waals surface area contributed by atoms with Crippen LogP contribution in [0.3, 0.4) is 0 Å². The normalized spacial score (nSPS) is 10.8. The fourth-order valence-corrected chi connectivity index (χ4v) is 1.85. The van der Waals surface area contributed by atoms with Gasteiger partial charge in [0.1, 0.15) is 5.56 Å². The van der Waals surface area contributed by atoms with Crippen molar-refractivity contribution >= 4 is 11.6 Å². The minimum atomic E-state index is -0.366. The first-order valence-corrected chi connectivity index (χ1v) is 5.80. The standard InChI is InChI=1S/C13H16N2O3/c1-17-8-4-5-10-9-15-7-3-6-11(12(15)14-10)13(16)18-2/h3,6-7,9H,4-5,8H2,1-2H3. The summed E-state index contributed by atoms with van der Waals surface area (Å²) in [5.41, 5.74) is 2.07. The van der Waals surface area contributed by atoms with E-state index in [2.05, 4.69) is 4.98 Å². The molecule has 2 aromatic rings. The van der Waals surface area contributed by atoms with Gasteiger partial charge in [0, 0.05) is 26.1 Å². The van der Waals surface area contributed by atoms with Crippen molar-refractivity contribution in [1.29, 1.82) is 0 Å². The summed E-state index contributed by atoms with van der Waals surface area (Å²) in [6.07, 6.45) is 5.54. The fraction of sp³-hybridized carbons (Fsp3) is 0.385. The number of carbonyl (C=O) groups excluding carboxylic acids is 1. The van der Waals surface area contributed by atoms with E-state index in [1.54, 1.807) is 19.2 Å². The van der Waals surface area contributed by atoms with Gasteiger partial charge in [-0.2, -0.15) is 0 Å². The maximum Gasteiger partial charge on any atom is 0.341 e. The van der Waals surface area contributed by atoms with Crippen LogP contribution in [0.5, 0.6) is 0 Å². The highest BCUT2D eigenvalue weighted by atomic mass is 16.5. The van der Waals surface area contributed by atoms with E-state index >= 15 is 0 Å². The van der Waals surface area contributed by atoms with E-state index in [9.17, 15) is 4.79 Å². The number of aryl methyl sites for hydroxylation is 1. The number of pyridine rings is 1. The summed E-state index contributed by atoms with van der Waals surface area (Å²) in [4.78, 5) is 16.1. The van der Waals surface area contributed by atoms with E-state index in [-0.39, 0.29) is 5.97 Å². The van der Waals surface area contributed by atoms with Crippen molar-refractivity contribution in [3.05, 3.63) is 35.8 Å². The van der Waals surface area contributed by atoms with Crippen LogP contribution in [-0.4, -0.2) is 36.2 Å². The number of ether oxygens (including phenoxy) is 2.